The monoisotopic (exact) mass is 283 g/mol. The van der Waals surface area contributed by atoms with E-state index < -0.39 is 5.54 Å². The Hall–Kier alpha value is -1.26. The number of ether oxygens (including phenoxy) is 2. The first-order valence-electron chi connectivity index (χ1n) is 6.23. The molecule has 0 heterocycles. The van der Waals surface area contributed by atoms with E-state index in [0.29, 0.717) is 5.02 Å². The largest absolute Gasteiger partial charge is 0.467 e. The summed E-state index contributed by atoms with van der Waals surface area (Å²) in [5, 5.41) is 3.93. The molecule has 5 heteroatoms. The van der Waals surface area contributed by atoms with Crippen molar-refractivity contribution in [1.82, 2.24) is 0 Å². The van der Waals surface area contributed by atoms with Gasteiger partial charge in [-0.1, -0.05) is 11.6 Å². The van der Waals surface area contributed by atoms with Crippen molar-refractivity contribution in [3.63, 3.8) is 0 Å². The van der Waals surface area contributed by atoms with Gasteiger partial charge in [0, 0.05) is 17.8 Å². The second-order valence-electron chi connectivity index (χ2n) is 4.80. The Bertz CT molecular complexity index is 445. The van der Waals surface area contributed by atoms with Crippen LogP contribution < -0.4 is 5.32 Å². The highest BCUT2D eigenvalue weighted by molar-refractivity contribution is 6.30. The van der Waals surface area contributed by atoms with Crippen LogP contribution in [-0.2, 0) is 14.3 Å². The average molecular weight is 284 g/mol. The molecule has 0 aromatic heterocycles. The van der Waals surface area contributed by atoms with E-state index in [1.807, 2.05) is 12.1 Å². The predicted octanol–water partition coefficient (Wildman–Crippen LogP) is 2.72. The maximum absolute atomic E-state index is 12.2. The summed E-state index contributed by atoms with van der Waals surface area (Å²) in [5.41, 5.74) is 0.0240. The third-order valence-electron chi connectivity index (χ3n) is 3.41. The van der Waals surface area contributed by atoms with Crippen molar-refractivity contribution in [1.29, 1.82) is 0 Å². The number of anilines is 1. The second kappa shape index (κ2) is 5.80. The fourth-order valence-electron chi connectivity index (χ4n) is 2.31. The summed E-state index contributed by atoms with van der Waals surface area (Å²) >= 11 is 5.86. The van der Waals surface area contributed by atoms with Crippen molar-refractivity contribution in [2.75, 3.05) is 26.1 Å². The van der Waals surface area contributed by atoms with E-state index in [9.17, 15) is 4.79 Å². The lowest BCUT2D eigenvalue weighted by molar-refractivity contribution is -0.149. The summed E-state index contributed by atoms with van der Waals surface area (Å²) in [6.45, 7) is 0.285. The van der Waals surface area contributed by atoms with Crippen molar-refractivity contribution in [2.24, 2.45) is 5.92 Å². The van der Waals surface area contributed by atoms with Gasteiger partial charge in [0.2, 0.25) is 0 Å². The van der Waals surface area contributed by atoms with E-state index in [2.05, 4.69) is 5.32 Å². The molecule has 2 rings (SSSR count). The van der Waals surface area contributed by atoms with E-state index in [0.717, 1.165) is 18.5 Å². The lowest BCUT2D eigenvalue weighted by atomic mass is 9.93. The SMILES string of the molecule is COCC(Nc1ccc(Cl)cc1)(C(=O)OC)C1CC1. The molecule has 1 fully saturated rings. The predicted molar refractivity (Wildman–Crippen MR) is 74.4 cm³/mol. The number of nitrogens with one attached hydrogen (secondary N) is 1. The van der Waals surface area contributed by atoms with E-state index in [1.54, 1.807) is 19.2 Å². The maximum Gasteiger partial charge on any atom is 0.334 e. The summed E-state index contributed by atoms with van der Waals surface area (Å²) in [6.07, 6.45) is 2.00. The lowest BCUT2D eigenvalue weighted by Gasteiger charge is -2.32. The number of carbonyl (C=O) groups is 1. The molecule has 0 spiro atoms. The molecule has 1 N–H and O–H groups in total. The van der Waals surface area contributed by atoms with Crippen molar-refractivity contribution < 1.29 is 14.3 Å². The van der Waals surface area contributed by atoms with Gasteiger partial charge < -0.3 is 14.8 Å². The minimum absolute atomic E-state index is 0.246. The Morgan fingerprint density at radius 2 is 2.00 bits per heavy atom. The number of esters is 1. The van der Waals surface area contributed by atoms with E-state index in [4.69, 9.17) is 21.1 Å². The Morgan fingerprint density at radius 3 is 2.47 bits per heavy atom. The third-order valence-corrected chi connectivity index (χ3v) is 3.66. The van der Waals surface area contributed by atoms with Gasteiger partial charge in [0.1, 0.15) is 0 Å². The number of hydrogen-bond donors (Lipinski definition) is 1. The van der Waals surface area contributed by atoms with Crippen molar-refractivity contribution in [3.8, 4) is 0 Å². The van der Waals surface area contributed by atoms with Crippen molar-refractivity contribution in [2.45, 2.75) is 18.4 Å². The Morgan fingerprint density at radius 1 is 1.37 bits per heavy atom. The molecule has 1 saturated carbocycles. The number of methoxy groups -OCH3 is 2. The van der Waals surface area contributed by atoms with Gasteiger partial charge in [-0.15, -0.1) is 0 Å². The molecule has 0 amide bonds. The van der Waals surface area contributed by atoms with Crippen LogP contribution in [0.5, 0.6) is 0 Å². The molecule has 1 unspecified atom stereocenters. The Labute approximate surface area is 118 Å². The molecule has 0 bridgehead atoms. The Balaban J connectivity index is 2.26. The van der Waals surface area contributed by atoms with Crippen LogP contribution in [0.1, 0.15) is 12.8 Å². The van der Waals surface area contributed by atoms with Crippen LogP contribution in [0.2, 0.25) is 5.02 Å². The van der Waals surface area contributed by atoms with E-state index in [-0.39, 0.29) is 18.5 Å². The minimum Gasteiger partial charge on any atom is -0.467 e. The topological polar surface area (TPSA) is 47.6 Å². The summed E-state index contributed by atoms with van der Waals surface area (Å²) < 4.78 is 10.2. The van der Waals surface area contributed by atoms with E-state index >= 15 is 0 Å². The number of carbonyl (C=O) groups excluding carboxylic acids is 1. The van der Waals surface area contributed by atoms with Gasteiger partial charge in [-0.3, -0.25) is 0 Å². The van der Waals surface area contributed by atoms with E-state index in [1.165, 1.54) is 7.11 Å². The van der Waals surface area contributed by atoms with Crippen molar-refractivity contribution in [3.05, 3.63) is 29.3 Å². The van der Waals surface area contributed by atoms with Gasteiger partial charge in [-0.05, 0) is 43.0 Å². The fraction of sp³-hybridized carbons (Fsp3) is 0.500. The fourth-order valence-corrected chi connectivity index (χ4v) is 2.44. The molecule has 1 aromatic carbocycles. The third kappa shape index (κ3) is 3.01. The number of hydrogen-bond acceptors (Lipinski definition) is 4. The molecule has 4 nitrogen and oxygen atoms in total. The van der Waals surface area contributed by atoms with Gasteiger partial charge in [-0.25, -0.2) is 4.79 Å². The molecule has 1 aliphatic carbocycles. The van der Waals surface area contributed by atoms with Gasteiger partial charge in [0.15, 0.2) is 5.54 Å². The highest BCUT2D eigenvalue weighted by Crippen LogP contribution is 2.42. The summed E-state index contributed by atoms with van der Waals surface area (Å²) in [6, 6.07) is 7.26. The molecular weight excluding hydrogens is 266 g/mol. The normalized spacial score (nSPS) is 17.6. The lowest BCUT2D eigenvalue weighted by Crippen LogP contribution is -2.53. The molecule has 1 aliphatic rings. The molecule has 0 radical (unpaired) electrons. The van der Waals surface area contributed by atoms with Gasteiger partial charge in [-0.2, -0.15) is 0 Å². The quantitative estimate of drug-likeness (QED) is 0.816. The molecule has 104 valence electrons. The standard InChI is InChI=1S/C14H18ClNO3/c1-18-9-14(10-3-4-10,13(17)19-2)16-12-7-5-11(15)6-8-12/h5-8,10,16H,3-4,9H2,1-2H3. The van der Waals surface area contributed by atoms with Gasteiger partial charge >= 0.3 is 5.97 Å². The van der Waals surface area contributed by atoms with Crippen molar-refractivity contribution >= 4 is 23.3 Å². The van der Waals surface area contributed by atoms with Gasteiger partial charge in [0.05, 0.1) is 13.7 Å². The van der Waals surface area contributed by atoms with Gasteiger partial charge in [0.25, 0.3) is 0 Å². The minimum atomic E-state index is -0.808. The molecule has 19 heavy (non-hydrogen) atoms. The summed E-state index contributed by atoms with van der Waals surface area (Å²) in [7, 11) is 2.99. The zero-order valence-electron chi connectivity index (χ0n) is 11.1. The average Bonchev–Trinajstić information content (AvgIpc) is 3.24. The number of halogens is 1. The van der Waals surface area contributed by atoms with Crippen LogP contribution in [0.25, 0.3) is 0 Å². The smallest absolute Gasteiger partial charge is 0.334 e. The number of benzene rings is 1. The first-order valence-corrected chi connectivity index (χ1v) is 6.61. The second-order valence-corrected chi connectivity index (χ2v) is 5.24. The van der Waals surface area contributed by atoms with Crippen LogP contribution in [0.4, 0.5) is 5.69 Å². The zero-order chi connectivity index (χ0) is 13.9. The summed E-state index contributed by atoms with van der Waals surface area (Å²) in [5.74, 6) is -0.0395. The Kier molecular flexibility index (Phi) is 4.32. The molecule has 1 atom stereocenters. The zero-order valence-corrected chi connectivity index (χ0v) is 11.9. The highest BCUT2D eigenvalue weighted by atomic mass is 35.5. The van der Waals surface area contributed by atoms with Crippen LogP contribution in [0, 0.1) is 5.92 Å². The first-order chi connectivity index (χ1) is 9.12. The molecule has 0 saturated heterocycles. The number of rotatable bonds is 6. The molecule has 0 aliphatic heterocycles. The van der Waals surface area contributed by atoms with Crippen LogP contribution in [-0.4, -0.2) is 32.3 Å². The molecule has 1 aromatic rings. The first kappa shape index (κ1) is 14.2. The maximum atomic E-state index is 12.2. The summed E-state index contributed by atoms with van der Waals surface area (Å²) in [4.78, 5) is 12.2. The highest BCUT2D eigenvalue weighted by Gasteiger charge is 2.52. The van der Waals surface area contributed by atoms with Crippen LogP contribution >= 0.6 is 11.6 Å². The van der Waals surface area contributed by atoms with Crippen LogP contribution in [0.3, 0.4) is 0 Å². The van der Waals surface area contributed by atoms with Crippen LogP contribution in [0.15, 0.2) is 24.3 Å². The molecular formula is C14H18ClNO3.